The third kappa shape index (κ3) is 7.22. The predicted molar refractivity (Wildman–Crippen MR) is 216 cm³/mol. The summed E-state index contributed by atoms with van der Waals surface area (Å²) in [5.41, 5.74) is 5.04. The van der Waals surface area contributed by atoms with E-state index in [1.165, 1.54) is 12.1 Å². The van der Waals surface area contributed by atoms with Gasteiger partial charge in [0.15, 0.2) is 0 Å². The maximum Gasteiger partial charge on any atom is 0.261 e. The van der Waals surface area contributed by atoms with Crippen LogP contribution in [0, 0.1) is 5.82 Å². The molecule has 0 aliphatic carbocycles. The highest BCUT2D eigenvalue weighted by Crippen LogP contribution is 2.40. The van der Waals surface area contributed by atoms with Crippen LogP contribution in [0.15, 0.2) is 134 Å². The van der Waals surface area contributed by atoms with Gasteiger partial charge in [-0.1, -0.05) is 112 Å². The first-order valence-electron chi connectivity index (χ1n) is 18.2. The smallest absolute Gasteiger partial charge is 0.261 e. The Morgan fingerprint density at radius 2 is 1.52 bits per heavy atom. The largest absolute Gasteiger partial charge is 0.406 e. The average Bonchev–Trinajstić information content (AvgIpc) is 3.54. The molecule has 0 spiro atoms. The number of H-pyrrole nitrogens is 1. The Labute approximate surface area is 316 Å². The molecule has 8 nitrogen and oxygen atoms in total. The van der Waals surface area contributed by atoms with Crippen molar-refractivity contribution in [2.75, 3.05) is 30.8 Å². The first-order valence-corrected chi connectivity index (χ1v) is 20.1. The number of likely N-dealkylation sites (N-methyl/N-ethyl adjacent to an activating group) is 1. The molecule has 0 saturated heterocycles. The van der Waals surface area contributed by atoms with Crippen molar-refractivity contribution in [3.63, 3.8) is 0 Å². The summed E-state index contributed by atoms with van der Waals surface area (Å²) in [5, 5.41) is 8.39. The molecule has 0 saturated carbocycles. The number of nitrogens with zero attached hydrogens (tertiary/aromatic N) is 2. The van der Waals surface area contributed by atoms with Gasteiger partial charge in [-0.2, -0.15) is 0 Å². The van der Waals surface area contributed by atoms with Gasteiger partial charge in [0.1, 0.15) is 11.6 Å². The Bertz CT molecular complexity index is 2200. The number of carbonyl (C=O) groups excluding carboxylic acids is 2. The summed E-state index contributed by atoms with van der Waals surface area (Å²) in [4.78, 5) is 37.7. The highest BCUT2D eigenvalue weighted by atomic mass is 28.4. The first kappa shape index (κ1) is 36.5. The minimum absolute atomic E-state index is 0.0502. The Morgan fingerprint density at radius 3 is 2.13 bits per heavy atom. The number of nitrogens with one attached hydrogen (secondary N) is 3. The number of aromatic nitrogens is 2. The van der Waals surface area contributed by atoms with Gasteiger partial charge in [0, 0.05) is 43.2 Å². The van der Waals surface area contributed by atoms with Crippen molar-refractivity contribution in [2.24, 2.45) is 0 Å². The summed E-state index contributed by atoms with van der Waals surface area (Å²) in [6, 6.07) is 39.9. The second-order valence-corrected chi connectivity index (χ2v) is 19.0. The summed E-state index contributed by atoms with van der Waals surface area (Å²) in [5.74, 6) is -1.26. The van der Waals surface area contributed by atoms with Crippen LogP contribution in [-0.2, 0) is 15.6 Å². The lowest BCUT2D eigenvalue weighted by molar-refractivity contribution is -0.118. The molecule has 4 aromatic carbocycles. The van der Waals surface area contributed by atoms with Gasteiger partial charge in [0.05, 0.1) is 29.5 Å². The lowest BCUT2D eigenvalue weighted by Crippen LogP contribution is -2.67. The number of anilines is 3. The van der Waals surface area contributed by atoms with Gasteiger partial charge in [-0.3, -0.25) is 9.59 Å². The van der Waals surface area contributed by atoms with Crippen LogP contribution in [-0.4, -0.2) is 55.2 Å². The van der Waals surface area contributed by atoms with E-state index < -0.39 is 20.1 Å². The molecular weight excluding hydrogens is 694 g/mol. The summed E-state index contributed by atoms with van der Waals surface area (Å²) in [6.07, 6.45) is 2.32. The quantitative estimate of drug-likeness (QED) is 0.118. The maximum atomic E-state index is 14.5. The number of carbonyl (C=O) groups is 2. The zero-order valence-corrected chi connectivity index (χ0v) is 31.9. The van der Waals surface area contributed by atoms with Crippen LogP contribution in [0.3, 0.4) is 0 Å². The van der Waals surface area contributed by atoms with Crippen molar-refractivity contribution in [3.05, 3.63) is 156 Å². The molecule has 7 rings (SSSR count). The van der Waals surface area contributed by atoms with E-state index in [0.29, 0.717) is 35.6 Å². The van der Waals surface area contributed by atoms with E-state index in [2.05, 4.69) is 65.6 Å². The normalized spacial score (nSPS) is 13.6. The highest BCUT2D eigenvalue weighted by molar-refractivity contribution is 6.99. The average molecular weight is 738 g/mol. The molecule has 1 aliphatic heterocycles. The number of para-hydroxylation sites is 1. The molecule has 0 radical (unpaired) electrons. The van der Waals surface area contributed by atoms with Crippen molar-refractivity contribution in [3.8, 4) is 11.3 Å². The number of pyridine rings is 1. The topological polar surface area (TPSA) is 99.3 Å². The van der Waals surface area contributed by atoms with Crippen LogP contribution in [0.4, 0.5) is 21.6 Å². The Kier molecular flexibility index (Phi) is 10.3. The van der Waals surface area contributed by atoms with Crippen molar-refractivity contribution in [1.29, 1.82) is 0 Å². The zero-order chi connectivity index (χ0) is 37.9. The van der Waals surface area contributed by atoms with Gasteiger partial charge in [-0.15, -0.1) is 0 Å². The number of amides is 2. The molecule has 6 aromatic rings. The summed E-state index contributed by atoms with van der Waals surface area (Å²) < 4.78 is 21.4. The summed E-state index contributed by atoms with van der Waals surface area (Å²) in [6.45, 7) is 7.22. The fourth-order valence-electron chi connectivity index (χ4n) is 7.41. The van der Waals surface area contributed by atoms with E-state index in [1.54, 1.807) is 36.3 Å². The van der Waals surface area contributed by atoms with E-state index in [0.717, 1.165) is 33.0 Å². The minimum Gasteiger partial charge on any atom is -0.406 e. The van der Waals surface area contributed by atoms with Crippen molar-refractivity contribution >= 4 is 47.7 Å². The molecule has 1 atom stereocenters. The molecule has 54 heavy (non-hydrogen) atoms. The summed E-state index contributed by atoms with van der Waals surface area (Å²) >= 11 is 0. The number of halogens is 1. The molecule has 3 heterocycles. The molecule has 3 N–H and O–H groups in total. The molecular formula is C44H44FN5O3Si. The molecule has 10 heteroatoms. The fraction of sp³-hybridized carbons (Fsp3) is 0.205. The Hall–Kier alpha value is -5.84. The standard InChI is InChI=1S/C44H44FN5O3Si/c1-44(2,3)54(34-16-10-6-11-17-34,35-18-12-7-13-19-35)53-29-36(30-20-22-32(45)23-21-30)42(51)49-38-28-31(24-26-46-38)40-41(47-33-14-8-5-9-15-33)39-37(48-40)25-27-50(4)43(39)52/h5-24,26,28,36,47-48H,25,27,29H2,1-4H3,(H,46,49,51). The third-order valence-electron chi connectivity index (χ3n) is 10.2. The number of fused-ring (bicyclic) bond motifs is 1. The molecule has 0 bridgehead atoms. The van der Waals surface area contributed by atoms with Gasteiger partial charge < -0.3 is 24.9 Å². The molecule has 274 valence electrons. The minimum atomic E-state index is -3.01. The van der Waals surface area contributed by atoms with Gasteiger partial charge in [-0.25, -0.2) is 9.37 Å². The van der Waals surface area contributed by atoms with Crippen LogP contribution in [0.5, 0.6) is 0 Å². The van der Waals surface area contributed by atoms with Gasteiger partial charge >= 0.3 is 0 Å². The van der Waals surface area contributed by atoms with E-state index in [-0.39, 0.29) is 23.5 Å². The highest BCUT2D eigenvalue weighted by Gasteiger charge is 2.50. The SMILES string of the molecule is CN1CCc2[nH]c(-c3ccnc(NC(=O)C(CO[Si](c4ccccc4)(c4ccccc4)C(C)(C)C)c4ccc(F)cc4)c3)c(Nc3ccccc3)c2C1=O. The van der Waals surface area contributed by atoms with Crippen LogP contribution >= 0.6 is 0 Å². The number of hydrogen-bond donors (Lipinski definition) is 3. The maximum absolute atomic E-state index is 14.5. The monoisotopic (exact) mass is 737 g/mol. The van der Waals surface area contributed by atoms with Crippen LogP contribution < -0.4 is 21.0 Å². The van der Waals surface area contributed by atoms with Crippen molar-refractivity contribution in [2.45, 2.75) is 38.1 Å². The van der Waals surface area contributed by atoms with Crippen LogP contribution in [0.25, 0.3) is 11.3 Å². The lowest BCUT2D eigenvalue weighted by Gasteiger charge is -2.43. The van der Waals surface area contributed by atoms with Gasteiger partial charge in [0.25, 0.3) is 14.2 Å². The van der Waals surface area contributed by atoms with Gasteiger partial charge in [0.2, 0.25) is 5.91 Å². The van der Waals surface area contributed by atoms with Crippen molar-refractivity contribution in [1.82, 2.24) is 14.9 Å². The van der Waals surface area contributed by atoms with Gasteiger partial charge in [-0.05, 0) is 57.4 Å². The number of benzene rings is 4. The second-order valence-electron chi connectivity index (χ2n) is 14.7. The number of hydrogen-bond acceptors (Lipinski definition) is 5. The zero-order valence-electron chi connectivity index (χ0n) is 30.9. The second kappa shape index (κ2) is 15.3. The molecule has 0 fully saturated rings. The van der Waals surface area contributed by atoms with Crippen LogP contribution in [0.2, 0.25) is 5.04 Å². The van der Waals surface area contributed by atoms with E-state index >= 15 is 0 Å². The first-order chi connectivity index (χ1) is 26.0. The van der Waals surface area contributed by atoms with Crippen LogP contribution in [0.1, 0.15) is 48.3 Å². The molecule has 2 amide bonds. The number of aromatic amines is 1. The Morgan fingerprint density at radius 1 is 0.907 bits per heavy atom. The lowest BCUT2D eigenvalue weighted by atomic mass is 9.99. The summed E-state index contributed by atoms with van der Waals surface area (Å²) in [7, 11) is -1.21. The number of rotatable bonds is 11. The Balaban J connectivity index is 1.24. The third-order valence-corrected chi connectivity index (χ3v) is 15.2. The van der Waals surface area contributed by atoms with E-state index in [4.69, 9.17) is 4.43 Å². The van der Waals surface area contributed by atoms with E-state index in [9.17, 15) is 14.0 Å². The molecule has 2 aromatic heterocycles. The fourth-order valence-corrected chi connectivity index (χ4v) is 12.0. The van der Waals surface area contributed by atoms with E-state index in [1.807, 2.05) is 72.8 Å². The predicted octanol–water partition coefficient (Wildman–Crippen LogP) is 7.89. The van der Waals surface area contributed by atoms with Crippen molar-refractivity contribution < 1.29 is 18.4 Å². The molecule has 1 aliphatic rings. The molecule has 1 unspecified atom stereocenters.